The zero-order valence-electron chi connectivity index (χ0n) is 14.0. The summed E-state index contributed by atoms with van der Waals surface area (Å²) in [5, 5.41) is 11.0. The topological polar surface area (TPSA) is 83.1 Å². The van der Waals surface area contributed by atoms with Crippen LogP contribution in [-0.4, -0.2) is 16.9 Å². The van der Waals surface area contributed by atoms with E-state index in [0.29, 0.717) is 26.6 Å². The van der Waals surface area contributed by atoms with E-state index in [1.54, 1.807) is 47.8 Å². The molecule has 0 atom stereocenters. The fraction of sp³-hybridized carbons (Fsp3) is 0.0556. The predicted octanol–water partition coefficient (Wildman–Crippen LogP) is 5.65. The number of amides is 3. The molecule has 9 heteroatoms. The second kappa shape index (κ2) is 8.39. The van der Waals surface area contributed by atoms with Crippen molar-refractivity contribution in [3.63, 3.8) is 0 Å². The average molecular weight is 421 g/mol. The molecule has 6 nitrogen and oxygen atoms in total. The number of hydrogen-bond donors (Lipinski definition) is 3. The van der Waals surface area contributed by atoms with Crippen LogP contribution in [0.3, 0.4) is 0 Å². The summed E-state index contributed by atoms with van der Waals surface area (Å²) < 4.78 is 0. The van der Waals surface area contributed by atoms with Crippen LogP contribution in [0.4, 0.5) is 21.3 Å². The third-order valence-electron chi connectivity index (χ3n) is 3.58. The van der Waals surface area contributed by atoms with Gasteiger partial charge in [0, 0.05) is 26.8 Å². The van der Waals surface area contributed by atoms with Gasteiger partial charge in [-0.15, -0.1) is 11.3 Å². The van der Waals surface area contributed by atoms with Crippen molar-refractivity contribution in [2.75, 3.05) is 16.0 Å². The van der Waals surface area contributed by atoms with Gasteiger partial charge in [-0.2, -0.15) is 0 Å². The fourth-order valence-corrected chi connectivity index (χ4v) is 3.14. The van der Waals surface area contributed by atoms with Crippen LogP contribution in [0.5, 0.6) is 0 Å². The Morgan fingerprint density at radius 3 is 2.48 bits per heavy atom. The van der Waals surface area contributed by atoms with Crippen LogP contribution >= 0.6 is 34.5 Å². The Hall–Kier alpha value is -2.61. The quantitative estimate of drug-likeness (QED) is 0.509. The van der Waals surface area contributed by atoms with Gasteiger partial charge in [0.05, 0.1) is 0 Å². The van der Waals surface area contributed by atoms with Gasteiger partial charge in [0.2, 0.25) is 0 Å². The number of anilines is 3. The first-order valence-electron chi connectivity index (χ1n) is 7.78. The van der Waals surface area contributed by atoms with Gasteiger partial charge in [0.15, 0.2) is 5.13 Å². The van der Waals surface area contributed by atoms with Crippen molar-refractivity contribution in [2.24, 2.45) is 0 Å². The van der Waals surface area contributed by atoms with Crippen LogP contribution < -0.4 is 16.0 Å². The number of rotatable bonds is 4. The number of carbonyl (C=O) groups is 2. The molecule has 27 heavy (non-hydrogen) atoms. The second-order valence-electron chi connectivity index (χ2n) is 5.49. The van der Waals surface area contributed by atoms with E-state index in [9.17, 15) is 9.59 Å². The molecule has 0 fully saturated rings. The minimum absolute atomic E-state index is 0.196. The van der Waals surface area contributed by atoms with Crippen molar-refractivity contribution < 1.29 is 9.59 Å². The second-order valence-corrected chi connectivity index (χ2v) is 7.19. The summed E-state index contributed by atoms with van der Waals surface area (Å²) in [5.41, 5.74) is 2.16. The standard InChI is InChI=1S/C18H14Cl2N4O2S/c1-10-13(20)3-2-4-14(10)22-16(25)15-9-27-18(23-15)24-17(26)21-12-7-5-11(19)6-8-12/h2-9H,1H3,(H,22,25)(H2,21,23,24,26). The molecule has 0 radical (unpaired) electrons. The lowest BCUT2D eigenvalue weighted by Crippen LogP contribution is -2.19. The molecular formula is C18H14Cl2N4O2S. The lowest BCUT2D eigenvalue weighted by atomic mass is 10.2. The molecule has 1 heterocycles. The number of urea groups is 1. The largest absolute Gasteiger partial charge is 0.325 e. The summed E-state index contributed by atoms with van der Waals surface area (Å²) in [6, 6.07) is 11.5. The summed E-state index contributed by atoms with van der Waals surface area (Å²) in [6.07, 6.45) is 0. The van der Waals surface area contributed by atoms with E-state index in [-0.39, 0.29) is 11.6 Å². The number of aromatic nitrogens is 1. The van der Waals surface area contributed by atoms with Crippen molar-refractivity contribution in [3.8, 4) is 0 Å². The Morgan fingerprint density at radius 2 is 1.74 bits per heavy atom. The highest BCUT2D eigenvalue weighted by Crippen LogP contribution is 2.24. The third kappa shape index (κ3) is 4.97. The van der Waals surface area contributed by atoms with Crippen molar-refractivity contribution in [1.29, 1.82) is 0 Å². The van der Waals surface area contributed by atoms with Crippen LogP contribution in [0.25, 0.3) is 0 Å². The predicted molar refractivity (Wildman–Crippen MR) is 110 cm³/mol. The fourth-order valence-electron chi connectivity index (χ4n) is 2.16. The first-order valence-corrected chi connectivity index (χ1v) is 9.41. The number of nitrogens with zero attached hydrogens (tertiary/aromatic N) is 1. The van der Waals surface area contributed by atoms with E-state index < -0.39 is 6.03 Å². The summed E-state index contributed by atoms with van der Waals surface area (Å²) in [6.45, 7) is 1.81. The Balaban J connectivity index is 1.62. The smallest absolute Gasteiger partial charge is 0.320 e. The van der Waals surface area contributed by atoms with Gasteiger partial charge in [0.1, 0.15) is 5.69 Å². The van der Waals surface area contributed by atoms with E-state index in [4.69, 9.17) is 23.2 Å². The molecule has 0 bridgehead atoms. The van der Waals surface area contributed by atoms with Crippen molar-refractivity contribution in [1.82, 2.24) is 4.98 Å². The van der Waals surface area contributed by atoms with Crippen LogP contribution in [0.1, 0.15) is 16.1 Å². The normalized spacial score (nSPS) is 10.3. The number of thiazole rings is 1. The van der Waals surface area contributed by atoms with E-state index in [1.807, 2.05) is 6.92 Å². The number of halogens is 2. The van der Waals surface area contributed by atoms with Crippen molar-refractivity contribution >= 4 is 63.0 Å². The van der Waals surface area contributed by atoms with Crippen LogP contribution in [0, 0.1) is 6.92 Å². The zero-order valence-corrected chi connectivity index (χ0v) is 16.4. The zero-order chi connectivity index (χ0) is 19.4. The lowest BCUT2D eigenvalue weighted by Gasteiger charge is -2.08. The van der Waals surface area contributed by atoms with E-state index in [0.717, 1.165) is 16.9 Å². The Kier molecular flexibility index (Phi) is 5.95. The third-order valence-corrected chi connectivity index (χ3v) is 4.99. The molecule has 2 aromatic carbocycles. The highest BCUT2D eigenvalue weighted by atomic mass is 35.5. The molecular weight excluding hydrogens is 407 g/mol. The average Bonchev–Trinajstić information content (AvgIpc) is 3.09. The van der Waals surface area contributed by atoms with Gasteiger partial charge < -0.3 is 10.6 Å². The van der Waals surface area contributed by atoms with E-state index >= 15 is 0 Å². The molecule has 138 valence electrons. The lowest BCUT2D eigenvalue weighted by molar-refractivity contribution is 0.102. The highest BCUT2D eigenvalue weighted by Gasteiger charge is 2.14. The van der Waals surface area contributed by atoms with Crippen LogP contribution in [0.2, 0.25) is 10.0 Å². The minimum atomic E-state index is -0.468. The van der Waals surface area contributed by atoms with Crippen LogP contribution in [0.15, 0.2) is 47.8 Å². The molecule has 3 amide bonds. The first-order chi connectivity index (χ1) is 12.9. The first kappa shape index (κ1) is 19.2. The van der Waals surface area contributed by atoms with Gasteiger partial charge in [0.25, 0.3) is 5.91 Å². The van der Waals surface area contributed by atoms with Gasteiger partial charge in [-0.1, -0.05) is 29.3 Å². The number of carbonyl (C=O) groups excluding carboxylic acids is 2. The van der Waals surface area contributed by atoms with Crippen molar-refractivity contribution in [2.45, 2.75) is 6.92 Å². The maximum Gasteiger partial charge on any atom is 0.325 e. The van der Waals surface area contributed by atoms with E-state index in [2.05, 4.69) is 20.9 Å². The minimum Gasteiger partial charge on any atom is -0.320 e. The summed E-state index contributed by atoms with van der Waals surface area (Å²) >= 11 is 13.0. The Labute approximate surface area is 169 Å². The molecule has 0 saturated carbocycles. The van der Waals surface area contributed by atoms with Gasteiger partial charge in [-0.3, -0.25) is 10.1 Å². The van der Waals surface area contributed by atoms with Crippen molar-refractivity contribution in [3.05, 3.63) is 69.1 Å². The molecule has 3 rings (SSSR count). The summed E-state index contributed by atoms with van der Waals surface area (Å²) in [5.74, 6) is -0.386. The summed E-state index contributed by atoms with van der Waals surface area (Å²) in [4.78, 5) is 28.5. The molecule has 0 unspecified atom stereocenters. The molecule has 3 N–H and O–H groups in total. The van der Waals surface area contributed by atoms with Gasteiger partial charge >= 0.3 is 6.03 Å². The molecule has 0 aliphatic heterocycles. The molecule has 0 aliphatic rings. The monoisotopic (exact) mass is 420 g/mol. The van der Waals surface area contributed by atoms with Crippen LogP contribution in [-0.2, 0) is 0 Å². The summed E-state index contributed by atoms with van der Waals surface area (Å²) in [7, 11) is 0. The number of hydrogen-bond acceptors (Lipinski definition) is 4. The maximum atomic E-state index is 12.3. The number of nitrogens with one attached hydrogen (secondary N) is 3. The molecule has 1 aromatic heterocycles. The van der Waals surface area contributed by atoms with Gasteiger partial charge in [-0.25, -0.2) is 9.78 Å². The number of benzene rings is 2. The van der Waals surface area contributed by atoms with E-state index in [1.165, 1.54) is 0 Å². The van der Waals surface area contributed by atoms with Gasteiger partial charge in [-0.05, 0) is 48.9 Å². The molecule has 0 saturated heterocycles. The Bertz CT molecular complexity index is 989. The SMILES string of the molecule is Cc1c(Cl)cccc1NC(=O)c1csc(NC(=O)Nc2ccc(Cl)cc2)n1. The molecule has 0 spiro atoms. The maximum absolute atomic E-state index is 12.3. The molecule has 3 aromatic rings. The Morgan fingerprint density at radius 1 is 1.00 bits per heavy atom. The highest BCUT2D eigenvalue weighted by molar-refractivity contribution is 7.14. The molecule has 0 aliphatic carbocycles.